The number of carbonyl (C=O) groups excluding carboxylic acids is 1. The number of urea groups is 1. The van der Waals surface area contributed by atoms with E-state index in [1.165, 1.54) is 0 Å². The van der Waals surface area contributed by atoms with E-state index in [1.54, 1.807) is 11.2 Å². The number of fused-ring (bicyclic) bond motifs is 1. The molecule has 2 amide bonds. The van der Waals surface area contributed by atoms with E-state index in [0.29, 0.717) is 19.8 Å². The third-order valence-electron chi connectivity index (χ3n) is 3.99. The van der Waals surface area contributed by atoms with Crippen molar-refractivity contribution in [2.75, 3.05) is 24.6 Å². The van der Waals surface area contributed by atoms with Crippen LogP contribution in [-0.2, 0) is 11.5 Å². The Kier molecular flexibility index (Phi) is 4.41. The van der Waals surface area contributed by atoms with Gasteiger partial charge in [0.15, 0.2) is 0 Å². The third-order valence-corrected chi connectivity index (χ3v) is 5.70. The Morgan fingerprint density at radius 1 is 1.35 bits per heavy atom. The lowest BCUT2D eigenvalue weighted by molar-refractivity contribution is 0.0899. The zero-order valence-corrected chi connectivity index (χ0v) is 15.0. The molecule has 0 bridgehead atoms. The van der Waals surface area contributed by atoms with Crippen LogP contribution in [0.2, 0.25) is 25.7 Å². The van der Waals surface area contributed by atoms with Crippen LogP contribution in [0.5, 0.6) is 0 Å². The number of imidazole rings is 1. The normalized spacial score (nSPS) is 15.4. The second-order valence-corrected chi connectivity index (χ2v) is 12.7. The van der Waals surface area contributed by atoms with E-state index >= 15 is 0 Å². The maximum atomic E-state index is 12.0. The van der Waals surface area contributed by atoms with Crippen LogP contribution in [0.1, 0.15) is 0 Å². The van der Waals surface area contributed by atoms with Gasteiger partial charge in [-0.05, 0) is 18.2 Å². The Morgan fingerprint density at radius 2 is 2.17 bits per heavy atom. The van der Waals surface area contributed by atoms with E-state index in [0.717, 1.165) is 29.4 Å². The Morgan fingerprint density at radius 3 is 2.87 bits per heavy atom. The molecule has 124 valence electrons. The molecule has 1 aromatic carbocycles. The summed E-state index contributed by atoms with van der Waals surface area (Å²) < 4.78 is 7.83. The molecule has 7 heteroatoms. The molecule has 1 fully saturated rings. The number of aromatic nitrogens is 2. The van der Waals surface area contributed by atoms with Gasteiger partial charge in [-0.2, -0.15) is 0 Å². The molecule has 2 heterocycles. The highest BCUT2D eigenvalue weighted by molar-refractivity contribution is 6.76. The van der Waals surface area contributed by atoms with Crippen LogP contribution >= 0.6 is 0 Å². The molecule has 6 nitrogen and oxygen atoms in total. The lowest BCUT2D eigenvalue weighted by atomic mass is 10.2. The molecule has 1 aromatic heterocycles. The number of hydrogen-bond donors (Lipinski definition) is 1. The lowest BCUT2D eigenvalue weighted by Crippen LogP contribution is -2.28. The summed E-state index contributed by atoms with van der Waals surface area (Å²) in [5, 5.41) is 2.84. The van der Waals surface area contributed by atoms with E-state index < -0.39 is 8.07 Å². The number of nitrogens with one attached hydrogen (secondary N) is 1. The van der Waals surface area contributed by atoms with E-state index in [-0.39, 0.29) is 6.03 Å². The zero-order chi connectivity index (χ0) is 16.4. The molecule has 0 radical (unpaired) electrons. The molecule has 2 aromatic rings. The fraction of sp³-hybridized carbons (Fsp3) is 0.500. The minimum atomic E-state index is -1.09. The first-order valence-electron chi connectivity index (χ1n) is 8.03. The summed E-state index contributed by atoms with van der Waals surface area (Å²) in [6, 6.07) is 6.96. The summed E-state index contributed by atoms with van der Waals surface area (Å²) in [4.78, 5) is 18.2. The highest BCUT2D eigenvalue weighted by Gasteiger charge is 2.24. The molecule has 0 unspecified atom stereocenters. The van der Waals surface area contributed by atoms with Gasteiger partial charge in [-0.25, -0.2) is 9.78 Å². The third kappa shape index (κ3) is 3.56. The topological polar surface area (TPSA) is 59.4 Å². The van der Waals surface area contributed by atoms with Crippen molar-refractivity contribution < 1.29 is 9.53 Å². The number of amides is 2. The number of rotatable bonds is 6. The average Bonchev–Trinajstić information content (AvgIpc) is 3.09. The van der Waals surface area contributed by atoms with Gasteiger partial charge in [0.1, 0.15) is 6.73 Å². The number of ether oxygens (including phenoxy) is 1. The fourth-order valence-corrected chi connectivity index (χ4v) is 3.42. The number of carbonyl (C=O) groups is 1. The van der Waals surface area contributed by atoms with Crippen molar-refractivity contribution in [1.29, 1.82) is 0 Å². The maximum absolute atomic E-state index is 12.0. The van der Waals surface area contributed by atoms with Crippen LogP contribution in [0, 0.1) is 0 Å². The van der Waals surface area contributed by atoms with Crippen molar-refractivity contribution in [2.45, 2.75) is 32.4 Å². The van der Waals surface area contributed by atoms with Gasteiger partial charge in [-0.15, -0.1) is 0 Å². The molecule has 1 saturated heterocycles. The van der Waals surface area contributed by atoms with Gasteiger partial charge in [-0.1, -0.05) is 25.7 Å². The lowest BCUT2D eigenvalue weighted by Gasteiger charge is -2.18. The van der Waals surface area contributed by atoms with Crippen molar-refractivity contribution in [2.24, 2.45) is 0 Å². The Labute approximate surface area is 137 Å². The quantitative estimate of drug-likeness (QED) is 0.653. The van der Waals surface area contributed by atoms with Crippen molar-refractivity contribution in [3.63, 3.8) is 0 Å². The standard InChI is InChI=1S/C16H24N4O2Si/c1-23(2,3)10-9-22-12-19-11-18-13-5-4-6-14(15(13)19)20-8-7-17-16(20)21/h4-6,11H,7-10,12H2,1-3H3,(H,17,21). The number of anilines is 1. The van der Waals surface area contributed by atoms with Crippen LogP contribution < -0.4 is 10.2 Å². The fourth-order valence-electron chi connectivity index (χ4n) is 2.67. The Balaban J connectivity index is 1.80. The molecule has 0 atom stereocenters. The Hall–Kier alpha value is -1.86. The highest BCUT2D eigenvalue weighted by atomic mass is 28.3. The number of benzene rings is 1. The summed E-state index contributed by atoms with van der Waals surface area (Å²) in [6.07, 6.45) is 1.79. The molecule has 1 aliphatic rings. The minimum Gasteiger partial charge on any atom is -0.361 e. The van der Waals surface area contributed by atoms with Gasteiger partial charge in [0.2, 0.25) is 0 Å². The molecular weight excluding hydrogens is 308 g/mol. The van der Waals surface area contributed by atoms with Gasteiger partial charge in [0.05, 0.1) is 23.0 Å². The first-order chi connectivity index (χ1) is 11.0. The second kappa shape index (κ2) is 6.33. The smallest absolute Gasteiger partial charge is 0.322 e. The van der Waals surface area contributed by atoms with Crippen molar-refractivity contribution in [3.05, 3.63) is 24.5 Å². The average molecular weight is 332 g/mol. The number of para-hydroxylation sites is 1. The second-order valence-electron chi connectivity index (χ2n) is 7.09. The summed E-state index contributed by atoms with van der Waals surface area (Å²) in [6.45, 7) is 9.61. The molecule has 23 heavy (non-hydrogen) atoms. The summed E-state index contributed by atoms with van der Waals surface area (Å²) in [5.74, 6) is 0. The van der Waals surface area contributed by atoms with Crippen LogP contribution in [0.15, 0.2) is 24.5 Å². The Bertz CT molecular complexity index is 708. The van der Waals surface area contributed by atoms with Crippen LogP contribution in [-0.4, -0.2) is 43.4 Å². The van der Waals surface area contributed by atoms with E-state index in [2.05, 4.69) is 29.9 Å². The van der Waals surface area contributed by atoms with E-state index in [4.69, 9.17) is 4.74 Å². The predicted molar refractivity (Wildman–Crippen MR) is 94.6 cm³/mol. The maximum Gasteiger partial charge on any atom is 0.322 e. The first-order valence-corrected chi connectivity index (χ1v) is 11.7. The monoisotopic (exact) mass is 332 g/mol. The SMILES string of the molecule is C[Si](C)(C)CCOCn1cnc2cccc(N3CCNC3=O)c21. The summed E-state index contributed by atoms with van der Waals surface area (Å²) in [7, 11) is -1.09. The molecule has 1 N–H and O–H groups in total. The van der Waals surface area contributed by atoms with Gasteiger partial charge in [0, 0.05) is 27.8 Å². The van der Waals surface area contributed by atoms with Gasteiger partial charge in [0.25, 0.3) is 0 Å². The van der Waals surface area contributed by atoms with Crippen molar-refractivity contribution in [1.82, 2.24) is 14.9 Å². The van der Waals surface area contributed by atoms with Gasteiger partial charge < -0.3 is 14.6 Å². The predicted octanol–water partition coefficient (Wildman–Crippen LogP) is 2.88. The molecule has 0 saturated carbocycles. The molecule has 3 rings (SSSR count). The van der Waals surface area contributed by atoms with Gasteiger partial charge >= 0.3 is 6.03 Å². The zero-order valence-electron chi connectivity index (χ0n) is 14.0. The van der Waals surface area contributed by atoms with Crippen LogP contribution in [0.25, 0.3) is 11.0 Å². The largest absolute Gasteiger partial charge is 0.361 e. The van der Waals surface area contributed by atoms with Crippen LogP contribution in [0.3, 0.4) is 0 Å². The molecule has 0 spiro atoms. The van der Waals surface area contributed by atoms with Gasteiger partial charge in [-0.3, -0.25) is 4.90 Å². The molecular formula is C16H24N4O2Si. The summed E-state index contributed by atoms with van der Waals surface area (Å²) in [5.41, 5.74) is 2.73. The van der Waals surface area contributed by atoms with E-state index in [9.17, 15) is 4.79 Å². The summed E-state index contributed by atoms with van der Waals surface area (Å²) >= 11 is 0. The molecule has 1 aliphatic heterocycles. The van der Waals surface area contributed by atoms with E-state index in [1.807, 2.05) is 22.8 Å². The first kappa shape index (κ1) is 16.0. The number of hydrogen-bond acceptors (Lipinski definition) is 3. The number of nitrogens with zero attached hydrogens (tertiary/aromatic N) is 3. The molecule has 0 aliphatic carbocycles. The minimum absolute atomic E-state index is 0.0510. The van der Waals surface area contributed by atoms with Crippen molar-refractivity contribution in [3.8, 4) is 0 Å². The van der Waals surface area contributed by atoms with Crippen molar-refractivity contribution >= 4 is 30.8 Å². The van der Waals surface area contributed by atoms with Crippen LogP contribution in [0.4, 0.5) is 10.5 Å². The highest BCUT2D eigenvalue weighted by Crippen LogP contribution is 2.27.